The van der Waals surface area contributed by atoms with E-state index in [-0.39, 0.29) is 23.5 Å². The van der Waals surface area contributed by atoms with Crippen LogP contribution in [0, 0.1) is 5.92 Å². The minimum Gasteiger partial charge on any atom is -0.481 e. The van der Waals surface area contributed by atoms with E-state index in [0.29, 0.717) is 18.8 Å². The summed E-state index contributed by atoms with van der Waals surface area (Å²) in [7, 11) is 0. The molecule has 2 fully saturated rings. The number of aliphatic carboxylic acids is 1. The number of piperidine rings is 1. The van der Waals surface area contributed by atoms with Crippen LogP contribution in [-0.2, 0) is 9.59 Å². The maximum Gasteiger partial charge on any atom is 0.303 e. The van der Waals surface area contributed by atoms with E-state index in [0.717, 1.165) is 24.6 Å². The lowest BCUT2D eigenvalue weighted by atomic mass is 9.93. The highest BCUT2D eigenvalue weighted by molar-refractivity contribution is 8.14. The average Bonchev–Trinajstić information content (AvgIpc) is 2.75. The van der Waals surface area contributed by atoms with Crippen molar-refractivity contribution in [3.05, 3.63) is 0 Å². The molecule has 100 valence electrons. The minimum absolute atomic E-state index is 0.0397. The summed E-state index contributed by atoms with van der Waals surface area (Å²) < 4.78 is 0. The Labute approximate surface area is 109 Å². The molecular formula is C11H16N2O4S. The van der Waals surface area contributed by atoms with Gasteiger partial charge in [-0.15, -0.1) is 0 Å². The van der Waals surface area contributed by atoms with Crippen LogP contribution in [0.4, 0.5) is 4.79 Å². The Morgan fingerprint density at radius 2 is 2.06 bits per heavy atom. The van der Waals surface area contributed by atoms with Crippen LogP contribution < -0.4 is 5.32 Å². The Hall–Kier alpha value is -1.24. The summed E-state index contributed by atoms with van der Waals surface area (Å²) in [5.41, 5.74) is 0. The number of hydrogen-bond donors (Lipinski definition) is 2. The monoisotopic (exact) mass is 272 g/mol. The van der Waals surface area contributed by atoms with Crippen molar-refractivity contribution in [2.24, 2.45) is 5.92 Å². The van der Waals surface area contributed by atoms with E-state index >= 15 is 0 Å². The number of amides is 2. The standard InChI is InChI=1S/C11H16N2O4S/c14-9(15)5-7-1-3-13(4-2-7)10(16)8-6-18-11(17)12-8/h7-8H,1-6H2,(H,12,17)(H,14,15). The van der Waals surface area contributed by atoms with Crippen LogP contribution >= 0.6 is 11.8 Å². The van der Waals surface area contributed by atoms with Crippen LogP contribution in [0.2, 0.25) is 0 Å². The third-order valence-electron chi connectivity index (χ3n) is 3.36. The smallest absolute Gasteiger partial charge is 0.303 e. The fraction of sp³-hybridized carbons (Fsp3) is 0.727. The maximum absolute atomic E-state index is 12.1. The Morgan fingerprint density at radius 3 is 2.56 bits per heavy atom. The minimum atomic E-state index is -0.778. The van der Waals surface area contributed by atoms with Gasteiger partial charge in [0, 0.05) is 25.3 Å². The average molecular weight is 272 g/mol. The van der Waals surface area contributed by atoms with Gasteiger partial charge < -0.3 is 15.3 Å². The van der Waals surface area contributed by atoms with E-state index in [1.54, 1.807) is 4.90 Å². The zero-order valence-corrected chi connectivity index (χ0v) is 10.7. The SMILES string of the molecule is O=C(O)CC1CCN(C(=O)C2CSC(=O)N2)CC1. The highest BCUT2D eigenvalue weighted by atomic mass is 32.2. The summed E-state index contributed by atoms with van der Waals surface area (Å²) in [4.78, 5) is 35.4. The molecule has 1 atom stereocenters. The molecule has 0 bridgehead atoms. The predicted molar refractivity (Wildman–Crippen MR) is 66.3 cm³/mol. The first-order chi connectivity index (χ1) is 8.56. The Morgan fingerprint density at radius 1 is 1.39 bits per heavy atom. The largest absolute Gasteiger partial charge is 0.481 e. The molecule has 0 saturated carbocycles. The van der Waals surface area contributed by atoms with Gasteiger partial charge in [-0.25, -0.2) is 0 Å². The van der Waals surface area contributed by atoms with Crippen LogP contribution in [0.15, 0.2) is 0 Å². The molecule has 2 rings (SSSR count). The van der Waals surface area contributed by atoms with Crippen LogP contribution in [-0.4, -0.2) is 52.0 Å². The van der Waals surface area contributed by atoms with Crippen molar-refractivity contribution in [3.63, 3.8) is 0 Å². The lowest BCUT2D eigenvalue weighted by molar-refractivity contribution is -0.138. The number of nitrogens with one attached hydrogen (secondary N) is 1. The van der Waals surface area contributed by atoms with Crippen LogP contribution in [0.25, 0.3) is 0 Å². The molecule has 2 aliphatic rings. The number of carbonyl (C=O) groups is 3. The van der Waals surface area contributed by atoms with Crippen molar-refractivity contribution < 1.29 is 19.5 Å². The van der Waals surface area contributed by atoms with Gasteiger partial charge in [-0.3, -0.25) is 14.4 Å². The van der Waals surface area contributed by atoms with Crippen LogP contribution in [0.5, 0.6) is 0 Å². The topological polar surface area (TPSA) is 86.7 Å². The van der Waals surface area contributed by atoms with Gasteiger partial charge in [-0.1, -0.05) is 11.8 Å². The number of thioether (sulfide) groups is 1. The van der Waals surface area contributed by atoms with Gasteiger partial charge in [0.2, 0.25) is 5.91 Å². The molecule has 0 radical (unpaired) electrons. The van der Waals surface area contributed by atoms with Gasteiger partial charge in [0.25, 0.3) is 5.24 Å². The van der Waals surface area contributed by atoms with Gasteiger partial charge in [0.05, 0.1) is 0 Å². The van der Waals surface area contributed by atoms with E-state index in [1.807, 2.05) is 0 Å². The second kappa shape index (κ2) is 5.60. The third kappa shape index (κ3) is 3.16. The summed E-state index contributed by atoms with van der Waals surface area (Å²) in [6, 6.07) is -0.404. The fourth-order valence-electron chi connectivity index (χ4n) is 2.34. The number of hydrogen-bond acceptors (Lipinski definition) is 4. The highest BCUT2D eigenvalue weighted by Crippen LogP contribution is 2.22. The van der Waals surface area contributed by atoms with Crippen molar-refractivity contribution in [1.29, 1.82) is 0 Å². The number of nitrogens with zero attached hydrogens (tertiary/aromatic N) is 1. The highest BCUT2D eigenvalue weighted by Gasteiger charge is 2.33. The molecule has 0 aromatic rings. The Kier molecular flexibility index (Phi) is 4.11. The molecule has 2 aliphatic heterocycles. The molecular weight excluding hydrogens is 256 g/mol. The van der Waals surface area contributed by atoms with E-state index in [2.05, 4.69) is 5.32 Å². The number of carboxylic acids is 1. The summed E-state index contributed by atoms with van der Waals surface area (Å²) in [5.74, 6) is -0.160. The predicted octanol–water partition coefficient (Wildman–Crippen LogP) is 0.525. The van der Waals surface area contributed by atoms with E-state index < -0.39 is 12.0 Å². The molecule has 0 aromatic heterocycles. The van der Waals surface area contributed by atoms with Crippen LogP contribution in [0.3, 0.4) is 0 Å². The van der Waals surface area contributed by atoms with Gasteiger partial charge in [-0.2, -0.15) is 0 Å². The lowest BCUT2D eigenvalue weighted by Gasteiger charge is -2.32. The molecule has 0 aromatic carbocycles. The number of rotatable bonds is 3. The second-order valence-electron chi connectivity index (χ2n) is 4.66. The van der Waals surface area contributed by atoms with E-state index in [9.17, 15) is 14.4 Å². The third-order valence-corrected chi connectivity index (χ3v) is 4.24. The molecule has 7 heteroatoms. The van der Waals surface area contributed by atoms with Gasteiger partial charge in [-0.05, 0) is 18.8 Å². The fourth-order valence-corrected chi connectivity index (χ4v) is 3.11. The van der Waals surface area contributed by atoms with E-state index in [4.69, 9.17) is 5.11 Å². The molecule has 2 amide bonds. The van der Waals surface area contributed by atoms with Gasteiger partial charge in [0.1, 0.15) is 6.04 Å². The second-order valence-corrected chi connectivity index (χ2v) is 5.65. The summed E-state index contributed by atoms with van der Waals surface area (Å²) in [6.07, 6.45) is 1.63. The summed E-state index contributed by atoms with van der Waals surface area (Å²) in [6.45, 7) is 1.18. The molecule has 6 nitrogen and oxygen atoms in total. The van der Waals surface area contributed by atoms with Gasteiger partial charge in [0.15, 0.2) is 0 Å². The normalized spacial score (nSPS) is 25.0. The van der Waals surface area contributed by atoms with Crippen molar-refractivity contribution >= 4 is 28.9 Å². The first kappa shape index (κ1) is 13.2. The first-order valence-electron chi connectivity index (χ1n) is 6.00. The number of likely N-dealkylation sites (tertiary alicyclic amines) is 1. The van der Waals surface area contributed by atoms with Gasteiger partial charge >= 0.3 is 5.97 Å². The zero-order chi connectivity index (χ0) is 13.1. The first-order valence-corrected chi connectivity index (χ1v) is 6.98. The quantitative estimate of drug-likeness (QED) is 0.782. The Bertz CT molecular complexity index is 366. The van der Waals surface area contributed by atoms with E-state index in [1.165, 1.54) is 0 Å². The van der Waals surface area contributed by atoms with Crippen molar-refractivity contribution in [2.45, 2.75) is 25.3 Å². The molecule has 1 unspecified atom stereocenters. The lowest BCUT2D eigenvalue weighted by Crippen LogP contribution is -2.48. The molecule has 2 heterocycles. The van der Waals surface area contributed by atoms with Crippen molar-refractivity contribution in [1.82, 2.24) is 10.2 Å². The van der Waals surface area contributed by atoms with Crippen molar-refractivity contribution in [3.8, 4) is 0 Å². The molecule has 2 N–H and O–H groups in total. The molecule has 0 spiro atoms. The molecule has 0 aliphatic carbocycles. The van der Waals surface area contributed by atoms with Crippen LogP contribution in [0.1, 0.15) is 19.3 Å². The number of carbonyl (C=O) groups excluding carboxylic acids is 2. The summed E-state index contributed by atoms with van der Waals surface area (Å²) in [5, 5.41) is 11.2. The maximum atomic E-state index is 12.1. The number of carboxylic acid groups (broad SMARTS) is 1. The van der Waals surface area contributed by atoms with Crippen molar-refractivity contribution in [2.75, 3.05) is 18.8 Å². The zero-order valence-electron chi connectivity index (χ0n) is 9.92. The Balaban J connectivity index is 1.80. The summed E-state index contributed by atoms with van der Waals surface area (Å²) >= 11 is 1.13. The molecule has 2 saturated heterocycles. The molecule has 18 heavy (non-hydrogen) atoms.